The molecule has 1 unspecified atom stereocenters. The van der Waals surface area contributed by atoms with Gasteiger partial charge in [-0.1, -0.05) is 0 Å². The standard InChI is InChI=1S/C14H21N5O/c1-9(2)20-12-6-11(7-16-8-12)14(17-15)13-5-10(3)18-19(13)4/h5-9,14,17H,15H2,1-4H3. The van der Waals surface area contributed by atoms with E-state index >= 15 is 0 Å². The first-order valence-electron chi connectivity index (χ1n) is 6.59. The second kappa shape index (κ2) is 6.02. The van der Waals surface area contributed by atoms with Gasteiger partial charge in [0.05, 0.1) is 29.7 Å². The molecule has 0 spiro atoms. The molecular weight excluding hydrogens is 254 g/mol. The molecule has 0 aliphatic heterocycles. The van der Waals surface area contributed by atoms with Crippen LogP contribution < -0.4 is 16.0 Å². The van der Waals surface area contributed by atoms with Crippen molar-refractivity contribution in [1.29, 1.82) is 0 Å². The van der Waals surface area contributed by atoms with Crippen LogP contribution >= 0.6 is 0 Å². The molecule has 0 aliphatic rings. The zero-order chi connectivity index (χ0) is 14.7. The fraction of sp³-hybridized carbons (Fsp3) is 0.429. The minimum atomic E-state index is -0.176. The zero-order valence-electron chi connectivity index (χ0n) is 12.3. The fourth-order valence-corrected chi connectivity index (χ4v) is 2.18. The predicted octanol–water partition coefficient (Wildman–Crippen LogP) is 1.46. The van der Waals surface area contributed by atoms with Crippen LogP contribution in [0.15, 0.2) is 24.5 Å². The largest absolute Gasteiger partial charge is 0.489 e. The van der Waals surface area contributed by atoms with E-state index < -0.39 is 0 Å². The van der Waals surface area contributed by atoms with Crippen molar-refractivity contribution in [3.8, 4) is 5.75 Å². The molecular formula is C14H21N5O. The van der Waals surface area contributed by atoms with Gasteiger partial charge in [-0.3, -0.25) is 15.5 Å². The topological polar surface area (TPSA) is 78.0 Å². The molecule has 20 heavy (non-hydrogen) atoms. The molecule has 6 heteroatoms. The van der Waals surface area contributed by atoms with Gasteiger partial charge in [0.15, 0.2) is 0 Å². The van der Waals surface area contributed by atoms with Crippen LogP contribution in [0.1, 0.15) is 36.8 Å². The van der Waals surface area contributed by atoms with Crippen molar-refractivity contribution in [2.45, 2.75) is 32.9 Å². The average molecular weight is 275 g/mol. The monoisotopic (exact) mass is 275 g/mol. The molecule has 2 aromatic rings. The predicted molar refractivity (Wildman–Crippen MR) is 77.1 cm³/mol. The number of hydrogen-bond donors (Lipinski definition) is 2. The van der Waals surface area contributed by atoms with Gasteiger partial charge < -0.3 is 4.74 Å². The van der Waals surface area contributed by atoms with E-state index in [1.165, 1.54) is 0 Å². The van der Waals surface area contributed by atoms with Gasteiger partial charge in [0, 0.05) is 13.2 Å². The van der Waals surface area contributed by atoms with E-state index in [1.54, 1.807) is 12.4 Å². The number of aryl methyl sites for hydroxylation is 2. The molecule has 6 nitrogen and oxygen atoms in total. The van der Waals surface area contributed by atoms with Gasteiger partial charge in [-0.15, -0.1) is 0 Å². The van der Waals surface area contributed by atoms with Gasteiger partial charge in [-0.2, -0.15) is 5.10 Å². The number of aromatic nitrogens is 3. The second-order valence-electron chi connectivity index (χ2n) is 5.05. The molecule has 0 saturated heterocycles. The first kappa shape index (κ1) is 14.5. The SMILES string of the molecule is Cc1cc(C(NN)c2cncc(OC(C)C)c2)n(C)n1. The molecule has 0 amide bonds. The van der Waals surface area contributed by atoms with E-state index in [0.29, 0.717) is 0 Å². The fourth-order valence-electron chi connectivity index (χ4n) is 2.18. The van der Waals surface area contributed by atoms with Crippen LogP contribution in [0.25, 0.3) is 0 Å². The Labute approximate surface area is 118 Å². The summed E-state index contributed by atoms with van der Waals surface area (Å²) in [5.74, 6) is 6.44. The van der Waals surface area contributed by atoms with Crippen molar-refractivity contribution < 1.29 is 4.74 Å². The summed E-state index contributed by atoms with van der Waals surface area (Å²) in [6.45, 7) is 5.92. The lowest BCUT2D eigenvalue weighted by molar-refractivity contribution is 0.241. The number of pyridine rings is 1. The van der Waals surface area contributed by atoms with Gasteiger partial charge in [0.25, 0.3) is 0 Å². The summed E-state index contributed by atoms with van der Waals surface area (Å²) in [4.78, 5) is 4.22. The Morgan fingerprint density at radius 3 is 2.60 bits per heavy atom. The summed E-state index contributed by atoms with van der Waals surface area (Å²) in [5, 5.41) is 4.35. The molecule has 1 atom stereocenters. The minimum Gasteiger partial charge on any atom is -0.489 e. The Kier molecular flexibility index (Phi) is 4.36. The Balaban J connectivity index is 2.34. The number of ether oxygens (including phenoxy) is 1. The van der Waals surface area contributed by atoms with Crippen LogP contribution in [-0.4, -0.2) is 20.9 Å². The van der Waals surface area contributed by atoms with Crippen molar-refractivity contribution >= 4 is 0 Å². The quantitative estimate of drug-likeness (QED) is 0.638. The highest BCUT2D eigenvalue weighted by Crippen LogP contribution is 2.24. The Morgan fingerprint density at radius 2 is 2.05 bits per heavy atom. The highest BCUT2D eigenvalue weighted by atomic mass is 16.5. The Bertz CT molecular complexity index is 579. The van der Waals surface area contributed by atoms with Crippen molar-refractivity contribution in [3.05, 3.63) is 41.5 Å². The summed E-state index contributed by atoms with van der Waals surface area (Å²) in [7, 11) is 1.90. The van der Waals surface area contributed by atoms with E-state index in [-0.39, 0.29) is 12.1 Å². The van der Waals surface area contributed by atoms with E-state index in [2.05, 4.69) is 15.5 Å². The van der Waals surface area contributed by atoms with Crippen LogP contribution in [0.5, 0.6) is 5.75 Å². The normalized spacial score (nSPS) is 12.7. The van der Waals surface area contributed by atoms with Crippen LogP contribution in [0.4, 0.5) is 0 Å². The number of nitrogens with zero attached hydrogens (tertiary/aromatic N) is 3. The molecule has 3 N–H and O–H groups in total. The third-order valence-electron chi connectivity index (χ3n) is 2.94. The maximum Gasteiger partial charge on any atom is 0.138 e. The molecule has 2 aromatic heterocycles. The summed E-state index contributed by atoms with van der Waals surface area (Å²) >= 11 is 0. The van der Waals surface area contributed by atoms with Crippen LogP contribution in [0.3, 0.4) is 0 Å². The van der Waals surface area contributed by atoms with Gasteiger partial charge in [0.2, 0.25) is 0 Å². The highest BCUT2D eigenvalue weighted by Gasteiger charge is 2.18. The van der Waals surface area contributed by atoms with E-state index in [9.17, 15) is 0 Å². The van der Waals surface area contributed by atoms with Gasteiger partial charge in [0.1, 0.15) is 5.75 Å². The van der Waals surface area contributed by atoms with E-state index in [0.717, 1.165) is 22.7 Å². The summed E-state index contributed by atoms with van der Waals surface area (Å²) in [5.41, 5.74) is 5.68. The molecule has 0 aromatic carbocycles. The maximum absolute atomic E-state index is 5.71. The lowest BCUT2D eigenvalue weighted by Crippen LogP contribution is -2.30. The zero-order valence-corrected chi connectivity index (χ0v) is 12.3. The number of rotatable bonds is 5. The van der Waals surface area contributed by atoms with Crippen molar-refractivity contribution in [3.63, 3.8) is 0 Å². The highest BCUT2D eigenvalue weighted by molar-refractivity contribution is 5.32. The first-order valence-corrected chi connectivity index (χ1v) is 6.59. The van der Waals surface area contributed by atoms with Gasteiger partial charge >= 0.3 is 0 Å². The maximum atomic E-state index is 5.71. The number of nitrogens with two attached hydrogens (primary N) is 1. The van der Waals surface area contributed by atoms with E-state index in [4.69, 9.17) is 10.6 Å². The third kappa shape index (κ3) is 3.15. The van der Waals surface area contributed by atoms with Gasteiger partial charge in [-0.25, -0.2) is 5.43 Å². The Hall–Kier alpha value is -1.92. The molecule has 0 fully saturated rings. The molecule has 2 rings (SSSR count). The van der Waals surface area contributed by atoms with Crippen LogP contribution in [0, 0.1) is 6.92 Å². The lowest BCUT2D eigenvalue weighted by Gasteiger charge is -2.17. The van der Waals surface area contributed by atoms with Gasteiger partial charge in [-0.05, 0) is 38.5 Å². The smallest absolute Gasteiger partial charge is 0.138 e. The first-order chi connectivity index (χ1) is 9.51. The van der Waals surface area contributed by atoms with Crippen molar-refractivity contribution in [2.75, 3.05) is 0 Å². The Morgan fingerprint density at radius 1 is 1.30 bits per heavy atom. The average Bonchev–Trinajstić information content (AvgIpc) is 2.69. The molecule has 2 heterocycles. The van der Waals surface area contributed by atoms with Crippen molar-refractivity contribution in [2.24, 2.45) is 12.9 Å². The summed E-state index contributed by atoms with van der Waals surface area (Å²) in [6, 6.07) is 3.77. The van der Waals surface area contributed by atoms with E-state index in [1.807, 2.05) is 44.6 Å². The molecule has 108 valence electrons. The second-order valence-corrected chi connectivity index (χ2v) is 5.05. The van der Waals surface area contributed by atoms with Crippen LogP contribution in [0.2, 0.25) is 0 Å². The summed E-state index contributed by atoms with van der Waals surface area (Å²) < 4.78 is 7.48. The molecule has 0 bridgehead atoms. The lowest BCUT2D eigenvalue weighted by atomic mass is 10.1. The molecule has 0 radical (unpaired) electrons. The molecule has 0 saturated carbocycles. The number of nitrogens with one attached hydrogen (secondary N) is 1. The summed E-state index contributed by atoms with van der Waals surface area (Å²) in [6.07, 6.45) is 3.58. The van der Waals surface area contributed by atoms with Crippen molar-refractivity contribution in [1.82, 2.24) is 20.2 Å². The van der Waals surface area contributed by atoms with Crippen LogP contribution in [-0.2, 0) is 7.05 Å². The third-order valence-corrected chi connectivity index (χ3v) is 2.94. The number of hydrogen-bond acceptors (Lipinski definition) is 5. The minimum absolute atomic E-state index is 0.107. The number of hydrazine groups is 1. The molecule has 0 aliphatic carbocycles.